The van der Waals surface area contributed by atoms with E-state index in [1.165, 1.54) is 38.7 Å². The quantitative estimate of drug-likeness (QED) is 0.244. The molecule has 1 aliphatic carbocycles. The predicted octanol–water partition coefficient (Wildman–Crippen LogP) is 9.38. The van der Waals surface area contributed by atoms with Crippen molar-refractivity contribution in [1.29, 1.82) is 0 Å². The Bertz CT molecular complexity index is 1500. The van der Waals surface area contributed by atoms with Gasteiger partial charge in [0.05, 0.1) is 0 Å². The van der Waals surface area contributed by atoms with Crippen LogP contribution in [0.2, 0.25) is 0 Å². The van der Waals surface area contributed by atoms with Gasteiger partial charge in [0.25, 0.3) is 0 Å². The summed E-state index contributed by atoms with van der Waals surface area (Å²) in [5.41, 5.74) is 8.85. The Hall–Kier alpha value is -3.36. The lowest BCUT2D eigenvalue weighted by molar-refractivity contribution is 0.660. The number of anilines is 3. The second-order valence-electron chi connectivity index (χ2n) is 9.25. The molecule has 1 aliphatic rings. The number of hydrogen-bond donors (Lipinski definition) is 0. The number of hydrogen-bond acceptors (Lipinski definition) is 1. The van der Waals surface area contributed by atoms with Gasteiger partial charge in [0.2, 0.25) is 0 Å². The molecule has 1 nitrogen and oxygen atoms in total. The monoisotopic (exact) mass is 489 g/mol. The fourth-order valence-corrected chi connectivity index (χ4v) is 5.54. The van der Waals surface area contributed by atoms with Gasteiger partial charge >= 0.3 is 0 Å². The van der Waals surface area contributed by atoms with Crippen LogP contribution in [0, 0.1) is 0 Å². The van der Waals surface area contributed by atoms with Gasteiger partial charge in [0.1, 0.15) is 0 Å². The van der Waals surface area contributed by atoms with Crippen molar-refractivity contribution < 1.29 is 0 Å². The second kappa shape index (κ2) is 7.60. The average molecular weight is 490 g/mol. The molecule has 0 radical (unpaired) electrons. The highest BCUT2D eigenvalue weighted by Gasteiger charge is 2.36. The highest BCUT2D eigenvalue weighted by Crippen LogP contribution is 2.51. The molecule has 5 aromatic rings. The summed E-state index contributed by atoms with van der Waals surface area (Å²) in [5.74, 6) is 0. The van der Waals surface area contributed by atoms with E-state index in [0.29, 0.717) is 0 Å². The molecule has 0 N–H and O–H groups in total. The normalized spacial score (nSPS) is 13.5. The number of nitrogens with zero attached hydrogens (tertiary/aromatic N) is 1. The summed E-state index contributed by atoms with van der Waals surface area (Å²) in [6.45, 7) is 4.66. The molecule has 0 saturated carbocycles. The zero-order valence-electron chi connectivity index (χ0n) is 18.7. The maximum atomic E-state index is 3.67. The average Bonchev–Trinajstić information content (AvgIpc) is 3.06. The number of para-hydroxylation sites is 1. The minimum Gasteiger partial charge on any atom is -0.310 e. The highest BCUT2D eigenvalue weighted by molar-refractivity contribution is 9.10. The number of fused-ring (bicyclic) bond motifs is 4. The van der Waals surface area contributed by atoms with Crippen LogP contribution < -0.4 is 4.90 Å². The molecule has 2 heteroatoms. The van der Waals surface area contributed by atoms with Crippen LogP contribution in [0.15, 0.2) is 114 Å². The Kier molecular flexibility index (Phi) is 4.67. The van der Waals surface area contributed by atoms with Gasteiger partial charge in [0, 0.05) is 26.9 Å². The highest BCUT2D eigenvalue weighted by atomic mass is 79.9. The van der Waals surface area contributed by atoms with Gasteiger partial charge in [-0.2, -0.15) is 0 Å². The van der Waals surface area contributed by atoms with Crippen LogP contribution in [-0.4, -0.2) is 0 Å². The third-order valence-electron chi connectivity index (χ3n) is 6.89. The lowest BCUT2D eigenvalue weighted by atomic mass is 9.82. The first-order chi connectivity index (χ1) is 16.0. The molecule has 0 spiro atoms. The summed E-state index contributed by atoms with van der Waals surface area (Å²) in [6, 6.07) is 39.5. The van der Waals surface area contributed by atoms with Crippen LogP contribution >= 0.6 is 15.9 Å². The first-order valence-electron chi connectivity index (χ1n) is 11.3. The van der Waals surface area contributed by atoms with E-state index in [2.05, 4.69) is 144 Å². The van der Waals surface area contributed by atoms with Crippen molar-refractivity contribution in [3.05, 3.63) is 125 Å². The molecule has 0 bridgehead atoms. The standard InChI is InChI=1S/C31H24BrN/c1-31(2)29-19-23(32)13-16-27(29)28-17-15-26(20-30(28)31)33(24-10-4-3-5-11-24)25-14-12-21-8-6-7-9-22(21)18-25/h3-20H,1-2H3. The summed E-state index contributed by atoms with van der Waals surface area (Å²) < 4.78 is 1.13. The molecular weight excluding hydrogens is 466 g/mol. The van der Waals surface area contributed by atoms with Crippen molar-refractivity contribution >= 4 is 43.8 Å². The van der Waals surface area contributed by atoms with E-state index < -0.39 is 0 Å². The topological polar surface area (TPSA) is 3.24 Å². The molecule has 6 rings (SSSR count). The molecule has 160 valence electrons. The number of benzene rings is 5. The Morgan fingerprint density at radius 1 is 0.545 bits per heavy atom. The molecule has 0 aliphatic heterocycles. The molecule has 0 saturated heterocycles. The summed E-state index contributed by atoms with van der Waals surface area (Å²) >= 11 is 3.67. The lowest BCUT2D eigenvalue weighted by Crippen LogP contribution is -2.16. The van der Waals surface area contributed by atoms with E-state index in [-0.39, 0.29) is 5.41 Å². The Morgan fingerprint density at radius 3 is 1.94 bits per heavy atom. The molecular formula is C31H24BrN. The molecule has 33 heavy (non-hydrogen) atoms. The van der Waals surface area contributed by atoms with Crippen molar-refractivity contribution in [2.45, 2.75) is 19.3 Å². The second-order valence-corrected chi connectivity index (χ2v) is 10.2. The van der Waals surface area contributed by atoms with E-state index >= 15 is 0 Å². The van der Waals surface area contributed by atoms with Gasteiger partial charge in [-0.05, 0) is 81.6 Å². The minimum absolute atomic E-state index is 0.0593. The minimum atomic E-state index is -0.0593. The summed E-state index contributed by atoms with van der Waals surface area (Å²) in [7, 11) is 0. The van der Waals surface area contributed by atoms with Crippen LogP contribution in [0.5, 0.6) is 0 Å². The summed E-state index contributed by atoms with van der Waals surface area (Å²) in [6.07, 6.45) is 0. The van der Waals surface area contributed by atoms with E-state index in [4.69, 9.17) is 0 Å². The van der Waals surface area contributed by atoms with Crippen LogP contribution in [0.1, 0.15) is 25.0 Å². The predicted molar refractivity (Wildman–Crippen MR) is 144 cm³/mol. The molecule has 0 heterocycles. The van der Waals surface area contributed by atoms with Crippen LogP contribution in [0.3, 0.4) is 0 Å². The third-order valence-corrected chi connectivity index (χ3v) is 7.38. The molecule has 5 aromatic carbocycles. The zero-order valence-corrected chi connectivity index (χ0v) is 20.3. The van der Waals surface area contributed by atoms with Crippen LogP contribution in [0.4, 0.5) is 17.1 Å². The Balaban J connectivity index is 1.55. The summed E-state index contributed by atoms with van der Waals surface area (Å²) in [5, 5.41) is 2.50. The maximum absolute atomic E-state index is 3.67. The Morgan fingerprint density at radius 2 is 1.15 bits per heavy atom. The number of rotatable bonds is 3. The van der Waals surface area contributed by atoms with Crippen LogP contribution in [0.25, 0.3) is 21.9 Å². The summed E-state index contributed by atoms with van der Waals surface area (Å²) in [4.78, 5) is 2.36. The molecule has 0 fully saturated rings. The van der Waals surface area contributed by atoms with E-state index in [1.807, 2.05) is 0 Å². The molecule has 0 aromatic heterocycles. The van der Waals surface area contributed by atoms with Gasteiger partial charge in [-0.1, -0.05) is 90.4 Å². The zero-order chi connectivity index (χ0) is 22.6. The van der Waals surface area contributed by atoms with Gasteiger partial charge in [-0.15, -0.1) is 0 Å². The van der Waals surface area contributed by atoms with Gasteiger partial charge in [0.15, 0.2) is 0 Å². The fraction of sp³-hybridized carbons (Fsp3) is 0.0968. The SMILES string of the molecule is CC1(C)c2cc(Br)ccc2-c2ccc(N(c3ccccc3)c3ccc4ccccc4c3)cc21. The van der Waals surface area contributed by atoms with E-state index in [0.717, 1.165) is 15.8 Å². The van der Waals surface area contributed by atoms with E-state index in [9.17, 15) is 0 Å². The molecule has 0 unspecified atom stereocenters. The van der Waals surface area contributed by atoms with E-state index in [1.54, 1.807) is 0 Å². The molecule has 0 amide bonds. The first kappa shape index (κ1) is 20.3. The third kappa shape index (κ3) is 3.29. The van der Waals surface area contributed by atoms with Gasteiger partial charge < -0.3 is 4.90 Å². The van der Waals surface area contributed by atoms with Crippen LogP contribution in [-0.2, 0) is 5.41 Å². The fourth-order valence-electron chi connectivity index (χ4n) is 5.18. The van der Waals surface area contributed by atoms with Gasteiger partial charge in [-0.3, -0.25) is 0 Å². The number of halogens is 1. The van der Waals surface area contributed by atoms with Gasteiger partial charge in [-0.25, -0.2) is 0 Å². The Labute approximate surface area is 203 Å². The lowest BCUT2D eigenvalue weighted by Gasteiger charge is -2.28. The van der Waals surface area contributed by atoms with Crippen molar-refractivity contribution in [2.75, 3.05) is 4.90 Å². The first-order valence-corrected chi connectivity index (χ1v) is 12.1. The smallest absolute Gasteiger partial charge is 0.0468 e. The van der Waals surface area contributed by atoms with Crippen molar-refractivity contribution in [1.82, 2.24) is 0 Å². The molecule has 0 atom stereocenters. The maximum Gasteiger partial charge on any atom is 0.0468 e. The van der Waals surface area contributed by atoms with Crippen molar-refractivity contribution in [2.24, 2.45) is 0 Å². The van der Waals surface area contributed by atoms with Crippen molar-refractivity contribution in [3.8, 4) is 11.1 Å². The van der Waals surface area contributed by atoms with Crippen molar-refractivity contribution in [3.63, 3.8) is 0 Å². The largest absolute Gasteiger partial charge is 0.310 e.